The molecule has 136 valence electrons. The summed E-state index contributed by atoms with van der Waals surface area (Å²) in [7, 11) is 0. The number of anilines is 1. The standard InChI is InChI=1S/C18H24FN3O3/c1-10(2)16(23)17(24)21-12-5-4-6-22(9-12)18(25)13-7-11(3)15(20)8-14(13)19/h4-5,7-8,10,12,16,23H,6,9,20H2,1-3H3,(H,21,24)/t12?,16-/m0/s1. The molecule has 1 aromatic carbocycles. The predicted molar refractivity (Wildman–Crippen MR) is 93.4 cm³/mol. The fourth-order valence-electron chi connectivity index (χ4n) is 2.59. The van der Waals surface area contributed by atoms with E-state index in [1.165, 1.54) is 11.0 Å². The molecule has 6 nitrogen and oxygen atoms in total. The van der Waals surface area contributed by atoms with Crippen molar-refractivity contribution in [1.82, 2.24) is 10.2 Å². The zero-order chi connectivity index (χ0) is 18.7. The number of hydrogen-bond donors (Lipinski definition) is 3. The van der Waals surface area contributed by atoms with Gasteiger partial charge in [-0.25, -0.2) is 4.39 Å². The minimum atomic E-state index is -1.11. The molecular weight excluding hydrogens is 325 g/mol. The van der Waals surface area contributed by atoms with E-state index < -0.39 is 29.8 Å². The van der Waals surface area contributed by atoms with E-state index in [-0.39, 0.29) is 18.0 Å². The molecule has 0 saturated heterocycles. The van der Waals surface area contributed by atoms with Crippen molar-refractivity contribution in [2.45, 2.75) is 32.9 Å². The molecule has 0 bridgehead atoms. The van der Waals surface area contributed by atoms with Crippen molar-refractivity contribution in [2.75, 3.05) is 18.8 Å². The lowest BCUT2D eigenvalue weighted by Gasteiger charge is -2.30. The molecule has 1 unspecified atom stereocenters. The van der Waals surface area contributed by atoms with Gasteiger partial charge in [0.1, 0.15) is 11.9 Å². The summed E-state index contributed by atoms with van der Waals surface area (Å²) >= 11 is 0. The van der Waals surface area contributed by atoms with E-state index in [9.17, 15) is 19.1 Å². The van der Waals surface area contributed by atoms with Crippen LogP contribution in [0.5, 0.6) is 0 Å². The Morgan fingerprint density at radius 3 is 2.72 bits per heavy atom. The Morgan fingerprint density at radius 1 is 1.40 bits per heavy atom. The van der Waals surface area contributed by atoms with Gasteiger partial charge in [0.05, 0.1) is 11.6 Å². The first-order valence-corrected chi connectivity index (χ1v) is 8.20. The number of nitrogens with zero attached hydrogens (tertiary/aromatic N) is 1. The van der Waals surface area contributed by atoms with Crippen LogP contribution in [0.4, 0.5) is 10.1 Å². The second-order valence-electron chi connectivity index (χ2n) is 6.63. The monoisotopic (exact) mass is 349 g/mol. The Kier molecular flexibility index (Phi) is 5.79. The molecule has 0 aliphatic carbocycles. The number of aryl methyl sites for hydroxylation is 1. The molecule has 0 spiro atoms. The molecule has 7 heteroatoms. The van der Waals surface area contributed by atoms with Crippen molar-refractivity contribution in [1.29, 1.82) is 0 Å². The number of aliphatic hydroxyl groups is 1. The van der Waals surface area contributed by atoms with Crippen LogP contribution in [0.15, 0.2) is 24.3 Å². The zero-order valence-electron chi connectivity index (χ0n) is 14.6. The summed E-state index contributed by atoms with van der Waals surface area (Å²) in [5.74, 6) is -1.84. The predicted octanol–water partition coefficient (Wildman–Crippen LogP) is 1.23. The maximum absolute atomic E-state index is 14.1. The fourth-order valence-corrected chi connectivity index (χ4v) is 2.59. The van der Waals surface area contributed by atoms with Gasteiger partial charge in [0.25, 0.3) is 5.91 Å². The molecule has 1 aromatic rings. The van der Waals surface area contributed by atoms with Gasteiger partial charge in [-0.2, -0.15) is 0 Å². The number of rotatable bonds is 4. The van der Waals surface area contributed by atoms with E-state index in [1.54, 1.807) is 32.9 Å². The van der Waals surface area contributed by atoms with E-state index in [1.807, 2.05) is 0 Å². The van der Waals surface area contributed by atoms with Crippen molar-refractivity contribution < 1.29 is 19.1 Å². The highest BCUT2D eigenvalue weighted by molar-refractivity contribution is 5.95. The molecule has 25 heavy (non-hydrogen) atoms. The largest absolute Gasteiger partial charge is 0.398 e. The third kappa shape index (κ3) is 4.36. The van der Waals surface area contributed by atoms with Gasteiger partial charge in [0.2, 0.25) is 5.91 Å². The van der Waals surface area contributed by atoms with Gasteiger partial charge >= 0.3 is 0 Å². The SMILES string of the molecule is Cc1cc(C(=O)N2CC=CC(NC(=O)[C@@H](O)C(C)C)C2)c(F)cc1N. The number of amides is 2. The number of benzene rings is 1. The highest BCUT2D eigenvalue weighted by Gasteiger charge is 2.27. The Labute approximate surface area is 146 Å². The van der Waals surface area contributed by atoms with Crippen LogP contribution in [-0.2, 0) is 4.79 Å². The van der Waals surface area contributed by atoms with Crippen molar-refractivity contribution in [3.05, 3.63) is 41.2 Å². The molecule has 2 amide bonds. The topological polar surface area (TPSA) is 95.7 Å². The second-order valence-corrected chi connectivity index (χ2v) is 6.63. The molecule has 0 fully saturated rings. The van der Waals surface area contributed by atoms with E-state index in [0.29, 0.717) is 17.8 Å². The maximum Gasteiger partial charge on any atom is 0.257 e. The van der Waals surface area contributed by atoms with Gasteiger partial charge in [-0.15, -0.1) is 0 Å². The van der Waals surface area contributed by atoms with Gasteiger partial charge in [-0.1, -0.05) is 26.0 Å². The van der Waals surface area contributed by atoms with Crippen LogP contribution in [0.1, 0.15) is 29.8 Å². The number of carbonyl (C=O) groups excluding carboxylic acids is 2. The maximum atomic E-state index is 14.1. The first kappa shape index (κ1) is 18.9. The van der Waals surface area contributed by atoms with Crippen LogP contribution >= 0.6 is 0 Å². The molecular formula is C18H24FN3O3. The zero-order valence-corrected chi connectivity index (χ0v) is 14.6. The number of carbonyl (C=O) groups is 2. The van der Waals surface area contributed by atoms with Gasteiger partial charge in [-0.05, 0) is 30.5 Å². The normalized spacial score (nSPS) is 18.3. The van der Waals surface area contributed by atoms with Crippen molar-refractivity contribution in [3.8, 4) is 0 Å². The van der Waals surface area contributed by atoms with Gasteiger partial charge in [-0.3, -0.25) is 9.59 Å². The first-order valence-electron chi connectivity index (χ1n) is 8.20. The van der Waals surface area contributed by atoms with Crippen LogP contribution in [0, 0.1) is 18.7 Å². The van der Waals surface area contributed by atoms with E-state index in [0.717, 1.165) is 6.07 Å². The molecule has 0 radical (unpaired) electrons. The molecule has 2 atom stereocenters. The summed E-state index contributed by atoms with van der Waals surface area (Å²) < 4.78 is 14.1. The third-order valence-corrected chi connectivity index (χ3v) is 4.21. The van der Waals surface area contributed by atoms with Crippen LogP contribution in [0.25, 0.3) is 0 Å². The highest BCUT2D eigenvalue weighted by Crippen LogP contribution is 2.19. The molecule has 1 aliphatic rings. The summed E-state index contributed by atoms with van der Waals surface area (Å²) in [6, 6.07) is 2.14. The van der Waals surface area contributed by atoms with E-state index in [4.69, 9.17) is 5.73 Å². The average molecular weight is 349 g/mol. The number of hydrogen-bond acceptors (Lipinski definition) is 4. The molecule has 2 rings (SSSR count). The molecule has 1 heterocycles. The molecule has 4 N–H and O–H groups in total. The van der Waals surface area contributed by atoms with Crippen LogP contribution in [0.2, 0.25) is 0 Å². The number of nitrogens with two attached hydrogens (primary N) is 1. The minimum absolute atomic E-state index is 0.0470. The summed E-state index contributed by atoms with van der Waals surface area (Å²) in [6.07, 6.45) is 2.38. The quantitative estimate of drug-likeness (QED) is 0.563. The lowest BCUT2D eigenvalue weighted by Crippen LogP contribution is -2.50. The van der Waals surface area contributed by atoms with Crippen molar-refractivity contribution in [3.63, 3.8) is 0 Å². The molecule has 1 aliphatic heterocycles. The van der Waals surface area contributed by atoms with Crippen LogP contribution < -0.4 is 11.1 Å². The summed E-state index contributed by atoms with van der Waals surface area (Å²) in [6.45, 7) is 5.71. The number of halogens is 1. The van der Waals surface area contributed by atoms with Crippen molar-refractivity contribution in [2.24, 2.45) is 5.92 Å². The molecule has 0 aromatic heterocycles. The Hall–Kier alpha value is -2.41. The summed E-state index contributed by atoms with van der Waals surface area (Å²) in [5.41, 5.74) is 6.52. The fraction of sp³-hybridized carbons (Fsp3) is 0.444. The van der Waals surface area contributed by atoms with E-state index >= 15 is 0 Å². The Morgan fingerprint density at radius 2 is 2.08 bits per heavy atom. The second kappa shape index (κ2) is 7.65. The highest BCUT2D eigenvalue weighted by atomic mass is 19.1. The van der Waals surface area contributed by atoms with Crippen LogP contribution in [-0.4, -0.2) is 47.1 Å². The number of nitrogen functional groups attached to an aromatic ring is 1. The molecule has 0 saturated carbocycles. The van der Waals surface area contributed by atoms with Gasteiger partial charge in [0, 0.05) is 18.8 Å². The number of nitrogens with one attached hydrogen (secondary N) is 1. The summed E-state index contributed by atoms with van der Waals surface area (Å²) in [5, 5.41) is 12.5. The van der Waals surface area contributed by atoms with Crippen LogP contribution in [0.3, 0.4) is 0 Å². The Balaban J connectivity index is 2.09. The van der Waals surface area contributed by atoms with E-state index in [2.05, 4.69) is 5.32 Å². The first-order chi connectivity index (χ1) is 11.7. The lowest BCUT2D eigenvalue weighted by molar-refractivity contribution is -0.131. The number of aliphatic hydroxyl groups excluding tert-OH is 1. The average Bonchev–Trinajstić information content (AvgIpc) is 2.56. The minimum Gasteiger partial charge on any atom is -0.398 e. The lowest BCUT2D eigenvalue weighted by atomic mass is 10.0. The van der Waals surface area contributed by atoms with Crippen molar-refractivity contribution >= 4 is 17.5 Å². The Bertz CT molecular complexity index is 703. The smallest absolute Gasteiger partial charge is 0.257 e. The summed E-state index contributed by atoms with van der Waals surface area (Å²) in [4.78, 5) is 26.0. The third-order valence-electron chi connectivity index (χ3n) is 4.21. The van der Waals surface area contributed by atoms with Gasteiger partial charge in [0.15, 0.2) is 0 Å². The van der Waals surface area contributed by atoms with Gasteiger partial charge < -0.3 is 21.1 Å².